The Morgan fingerprint density at radius 2 is 1.59 bits per heavy atom. The van der Waals surface area contributed by atoms with Crippen molar-refractivity contribution in [2.75, 3.05) is 7.05 Å². The molecule has 0 unspecified atom stereocenters. The van der Waals surface area contributed by atoms with Gasteiger partial charge in [0, 0.05) is 44.9 Å². The Labute approximate surface area is 174 Å². The molecule has 2 aromatic carbocycles. The van der Waals surface area contributed by atoms with Crippen molar-refractivity contribution in [1.82, 2.24) is 9.47 Å². The van der Waals surface area contributed by atoms with Gasteiger partial charge in [-0.2, -0.15) is 10.5 Å². The van der Waals surface area contributed by atoms with E-state index in [2.05, 4.69) is 62.4 Å². The SMILES string of the molecule is CC1=C(C)N(C)/C(=c2/ccc3c4ccc(=C(C#N)C#N)cc4n(C(C)C)c3c2)S1. The molecule has 0 N–H and O–H groups in total. The van der Waals surface area contributed by atoms with Crippen LogP contribution >= 0.6 is 11.8 Å². The second kappa shape index (κ2) is 7.03. The first-order chi connectivity index (χ1) is 13.9. The molecule has 4 nitrogen and oxygen atoms in total. The van der Waals surface area contributed by atoms with E-state index < -0.39 is 0 Å². The molecule has 4 rings (SSSR count). The number of nitrogens with zero attached hydrogens (tertiary/aromatic N) is 4. The zero-order valence-corrected chi connectivity index (χ0v) is 18.1. The van der Waals surface area contributed by atoms with Crippen molar-refractivity contribution in [3.05, 3.63) is 57.4 Å². The number of aromatic nitrogens is 1. The number of rotatable bonds is 1. The summed E-state index contributed by atoms with van der Waals surface area (Å²) < 4.78 is 2.30. The van der Waals surface area contributed by atoms with Gasteiger partial charge in [0.05, 0.1) is 16.1 Å². The van der Waals surface area contributed by atoms with Gasteiger partial charge in [-0.3, -0.25) is 0 Å². The Hall–Kier alpha value is -3.15. The molecular formula is C24H22N4S. The van der Waals surface area contributed by atoms with Crippen LogP contribution in [0.5, 0.6) is 0 Å². The number of hydrogen-bond acceptors (Lipinski definition) is 4. The lowest BCUT2D eigenvalue weighted by Gasteiger charge is -2.15. The maximum Gasteiger partial charge on any atom is 0.136 e. The summed E-state index contributed by atoms with van der Waals surface area (Å²) in [6.07, 6.45) is 0. The molecule has 0 saturated heterocycles. The lowest BCUT2D eigenvalue weighted by Crippen LogP contribution is -2.16. The van der Waals surface area contributed by atoms with E-state index in [4.69, 9.17) is 0 Å². The van der Waals surface area contributed by atoms with E-state index in [1.165, 1.54) is 31.8 Å². The first-order valence-electron chi connectivity index (χ1n) is 9.59. The molecule has 1 aliphatic rings. The molecular weight excluding hydrogens is 376 g/mol. The van der Waals surface area contributed by atoms with Gasteiger partial charge in [0.15, 0.2) is 0 Å². The fourth-order valence-electron chi connectivity index (χ4n) is 3.97. The predicted octanol–water partition coefficient (Wildman–Crippen LogP) is 4.57. The van der Waals surface area contributed by atoms with Crippen LogP contribution in [-0.4, -0.2) is 16.5 Å². The van der Waals surface area contributed by atoms with E-state index in [0.717, 1.165) is 10.9 Å². The molecule has 0 radical (unpaired) electrons. The van der Waals surface area contributed by atoms with Crippen molar-refractivity contribution in [1.29, 1.82) is 10.5 Å². The first kappa shape index (κ1) is 19.2. The monoisotopic (exact) mass is 398 g/mol. The van der Waals surface area contributed by atoms with Crippen molar-refractivity contribution in [3.8, 4) is 12.1 Å². The molecule has 3 aromatic rings. The Balaban J connectivity index is 2.10. The smallest absolute Gasteiger partial charge is 0.136 e. The fourth-order valence-corrected chi connectivity index (χ4v) is 5.07. The average molecular weight is 399 g/mol. The molecule has 5 heteroatoms. The molecule has 0 bridgehead atoms. The van der Waals surface area contributed by atoms with Crippen molar-refractivity contribution in [2.45, 2.75) is 33.7 Å². The number of nitriles is 2. The number of allylic oxidation sites excluding steroid dienone is 2. The quantitative estimate of drug-likeness (QED) is 0.603. The Bertz CT molecular complexity index is 1390. The first-order valence-corrected chi connectivity index (χ1v) is 10.4. The van der Waals surface area contributed by atoms with Gasteiger partial charge in [-0.25, -0.2) is 0 Å². The number of benzene rings is 2. The summed E-state index contributed by atoms with van der Waals surface area (Å²) in [5, 5.41) is 24.0. The molecule has 144 valence electrons. The molecule has 2 heterocycles. The Kier molecular flexibility index (Phi) is 4.65. The van der Waals surface area contributed by atoms with E-state index in [1.807, 2.05) is 42.1 Å². The molecule has 0 amide bonds. The molecule has 0 spiro atoms. The predicted molar refractivity (Wildman–Crippen MR) is 121 cm³/mol. The van der Waals surface area contributed by atoms with E-state index in [-0.39, 0.29) is 11.6 Å². The van der Waals surface area contributed by atoms with E-state index in [0.29, 0.717) is 5.22 Å². The van der Waals surface area contributed by atoms with Crippen LogP contribution in [0.25, 0.3) is 32.4 Å². The lowest BCUT2D eigenvalue weighted by molar-refractivity contribution is 0.614. The Morgan fingerprint density at radius 3 is 2.14 bits per heavy atom. The van der Waals surface area contributed by atoms with Gasteiger partial charge in [0.25, 0.3) is 0 Å². The van der Waals surface area contributed by atoms with E-state index in [9.17, 15) is 10.5 Å². The van der Waals surface area contributed by atoms with Gasteiger partial charge in [-0.15, -0.1) is 0 Å². The van der Waals surface area contributed by atoms with Crippen LogP contribution in [0.15, 0.2) is 47.0 Å². The van der Waals surface area contributed by atoms with Crippen molar-refractivity contribution in [3.63, 3.8) is 0 Å². The van der Waals surface area contributed by atoms with Crippen LogP contribution in [0.1, 0.15) is 33.7 Å². The Morgan fingerprint density at radius 1 is 0.966 bits per heavy atom. The minimum Gasteiger partial charge on any atom is -0.342 e. The van der Waals surface area contributed by atoms with Crippen LogP contribution in [0.3, 0.4) is 0 Å². The van der Waals surface area contributed by atoms with Gasteiger partial charge in [-0.05, 0) is 39.8 Å². The van der Waals surface area contributed by atoms with Crippen molar-refractivity contribution >= 4 is 44.2 Å². The van der Waals surface area contributed by atoms with Crippen LogP contribution < -0.4 is 10.4 Å². The third kappa shape index (κ3) is 2.90. The van der Waals surface area contributed by atoms with E-state index in [1.54, 1.807) is 0 Å². The number of fused-ring (bicyclic) bond motifs is 3. The molecule has 1 aromatic heterocycles. The standard InChI is InChI=1S/C24H22N4S/c1-14(2)28-22-10-17(19(12-25)13-26)6-8-20(22)21-9-7-18(11-23(21)28)24-27(5)15(3)16(4)29-24/h6-11,14H,1-5H3/b24-18+. The van der Waals surface area contributed by atoms with Gasteiger partial charge in [-0.1, -0.05) is 36.0 Å². The third-order valence-corrected chi connectivity index (χ3v) is 6.95. The van der Waals surface area contributed by atoms with Gasteiger partial charge in [0.1, 0.15) is 17.7 Å². The van der Waals surface area contributed by atoms with Crippen molar-refractivity contribution in [2.24, 2.45) is 0 Å². The summed E-state index contributed by atoms with van der Waals surface area (Å²) in [5.41, 5.74) is 3.65. The third-order valence-electron chi connectivity index (χ3n) is 5.65. The highest BCUT2D eigenvalue weighted by atomic mass is 32.2. The van der Waals surface area contributed by atoms with Crippen molar-refractivity contribution < 1.29 is 0 Å². The normalized spacial score (nSPS) is 16.1. The highest BCUT2D eigenvalue weighted by Crippen LogP contribution is 2.40. The zero-order chi connectivity index (χ0) is 20.9. The zero-order valence-electron chi connectivity index (χ0n) is 17.2. The van der Waals surface area contributed by atoms with E-state index >= 15 is 0 Å². The molecule has 29 heavy (non-hydrogen) atoms. The molecule has 0 atom stereocenters. The molecule has 0 fully saturated rings. The number of hydrogen-bond donors (Lipinski definition) is 0. The van der Waals surface area contributed by atoms with Crippen LogP contribution in [-0.2, 0) is 0 Å². The second-order valence-corrected chi connectivity index (χ2v) is 8.84. The lowest BCUT2D eigenvalue weighted by atomic mass is 10.1. The van der Waals surface area contributed by atoms with Gasteiger partial charge < -0.3 is 9.47 Å². The maximum atomic E-state index is 9.27. The summed E-state index contributed by atoms with van der Waals surface area (Å²) in [5.74, 6) is 0. The molecule has 1 aliphatic heterocycles. The highest BCUT2D eigenvalue weighted by Gasteiger charge is 2.20. The topological polar surface area (TPSA) is 55.8 Å². The minimum absolute atomic E-state index is 0.143. The van der Waals surface area contributed by atoms with Gasteiger partial charge >= 0.3 is 0 Å². The van der Waals surface area contributed by atoms with Gasteiger partial charge in [0.2, 0.25) is 0 Å². The average Bonchev–Trinajstić information content (AvgIpc) is 3.17. The summed E-state index contributed by atoms with van der Waals surface area (Å²) in [6.45, 7) is 8.64. The molecule has 0 aliphatic carbocycles. The van der Waals surface area contributed by atoms with Crippen LogP contribution in [0.4, 0.5) is 0 Å². The summed E-state index contributed by atoms with van der Waals surface area (Å²) >= 11 is 1.81. The summed E-state index contributed by atoms with van der Waals surface area (Å²) in [4.78, 5) is 3.58. The summed E-state index contributed by atoms with van der Waals surface area (Å²) in [6, 6.07) is 16.8. The second-order valence-electron chi connectivity index (χ2n) is 7.63. The number of thioether (sulfide) groups is 1. The maximum absolute atomic E-state index is 9.27. The summed E-state index contributed by atoms with van der Waals surface area (Å²) in [7, 11) is 2.11. The molecule has 0 saturated carbocycles. The largest absolute Gasteiger partial charge is 0.342 e. The van der Waals surface area contributed by atoms with Crippen LogP contribution in [0, 0.1) is 22.7 Å². The minimum atomic E-state index is 0.143. The highest BCUT2D eigenvalue weighted by molar-refractivity contribution is 8.11. The fraction of sp³-hybridized carbons (Fsp3) is 0.250. The van der Waals surface area contributed by atoms with Crippen LogP contribution in [0.2, 0.25) is 0 Å².